The molecule has 0 aliphatic carbocycles. The summed E-state index contributed by atoms with van der Waals surface area (Å²) >= 11 is 5.88. The van der Waals surface area contributed by atoms with Gasteiger partial charge >= 0.3 is 0 Å². The molecule has 0 aliphatic heterocycles. The molecule has 0 saturated carbocycles. The molecule has 0 atom stereocenters. The van der Waals surface area contributed by atoms with Gasteiger partial charge < -0.3 is 0 Å². The lowest BCUT2D eigenvalue weighted by Gasteiger charge is -2.05. The lowest BCUT2D eigenvalue weighted by atomic mass is 10.2. The first-order valence-corrected chi connectivity index (χ1v) is 5.15. The summed E-state index contributed by atoms with van der Waals surface area (Å²) in [7, 11) is 0. The number of fused-ring (bicyclic) bond motifs is 1. The van der Waals surface area contributed by atoms with Crippen molar-refractivity contribution in [1.82, 2.24) is 19.7 Å². The Balaban J connectivity index is 2.39. The summed E-state index contributed by atoms with van der Waals surface area (Å²) in [6.07, 6.45) is 3.52. The van der Waals surface area contributed by atoms with Crippen molar-refractivity contribution >= 4 is 22.5 Å². The predicted molar refractivity (Wildman–Crippen MR) is 61.7 cm³/mol. The van der Waals surface area contributed by atoms with Crippen LogP contribution in [-0.2, 0) is 0 Å². The molecule has 2 heterocycles. The monoisotopic (exact) mass is 230 g/mol. The SMILES string of the molecule is Clc1nc(-n2cccn2)c2ccccc2n1. The van der Waals surface area contributed by atoms with Crippen LogP contribution in [0, 0.1) is 0 Å². The molecule has 16 heavy (non-hydrogen) atoms. The summed E-state index contributed by atoms with van der Waals surface area (Å²) in [4.78, 5) is 8.36. The highest BCUT2D eigenvalue weighted by Crippen LogP contribution is 2.19. The maximum Gasteiger partial charge on any atom is 0.224 e. The van der Waals surface area contributed by atoms with Crippen molar-refractivity contribution in [2.24, 2.45) is 0 Å². The van der Waals surface area contributed by atoms with Gasteiger partial charge in [-0.05, 0) is 29.8 Å². The van der Waals surface area contributed by atoms with Gasteiger partial charge in [0.25, 0.3) is 0 Å². The molecule has 2 aromatic heterocycles. The number of hydrogen-bond donors (Lipinski definition) is 0. The second-order valence-electron chi connectivity index (χ2n) is 3.28. The third-order valence-corrected chi connectivity index (χ3v) is 2.45. The van der Waals surface area contributed by atoms with Crippen molar-refractivity contribution in [3.63, 3.8) is 0 Å². The number of aromatic nitrogens is 4. The van der Waals surface area contributed by atoms with E-state index in [2.05, 4.69) is 15.1 Å². The van der Waals surface area contributed by atoms with Gasteiger partial charge in [0, 0.05) is 17.8 Å². The normalized spacial score (nSPS) is 10.8. The quantitative estimate of drug-likeness (QED) is 0.603. The number of nitrogens with zero attached hydrogens (tertiary/aromatic N) is 4. The van der Waals surface area contributed by atoms with Crippen molar-refractivity contribution in [2.45, 2.75) is 0 Å². The van der Waals surface area contributed by atoms with Crippen LogP contribution in [0.4, 0.5) is 0 Å². The highest BCUT2D eigenvalue weighted by Gasteiger charge is 2.07. The topological polar surface area (TPSA) is 43.6 Å². The fraction of sp³-hybridized carbons (Fsp3) is 0. The molecule has 78 valence electrons. The molecule has 0 bridgehead atoms. The van der Waals surface area contributed by atoms with Gasteiger partial charge in [-0.1, -0.05) is 12.1 Å². The molecule has 3 aromatic rings. The molecule has 0 unspecified atom stereocenters. The van der Waals surface area contributed by atoms with Crippen molar-refractivity contribution < 1.29 is 0 Å². The Kier molecular flexibility index (Phi) is 2.08. The van der Waals surface area contributed by atoms with Crippen molar-refractivity contribution in [2.75, 3.05) is 0 Å². The van der Waals surface area contributed by atoms with Crippen molar-refractivity contribution in [3.8, 4) is 5.82 Å². The fourth-order valence-corrected chi connectivity index (χ4v) is 1.77. The van der Waals surface area contributed by atoms with E-state index in [9.17, 15) is 0 Å². The van der Waals surface area contributed by atoms with E-state index in [1.807, 2.05) is 36.5 Å². The van der Waals surface area contributed by atoms with E-state index in [1.165, 1.54) is 0 Å². The Morgan fingerprint density at radius 2 is 1.94 bits per heavy atom. The largest absolute Gasteiger partial charge is 0.224 e. The first-order valence-electron chi connectivity index (χ1n) is 4.77. The molecule has 4 nitrogen and oxygen atoms in total. The van der Waals surface area contributed by atoms with Gasteiger partial charge in [0.2, 0.25) is 5.28 Å². The van der Waals surface area contributed by atoms with E-state index in [-0.39, 0.29) is 5.28 Å². The maximum atomic E-state index is 5.88. The van der Waals surface area contributed by atoms with Crippen LogP contribution in [0.15, 0.2) is 42.7 Å². The van der Waals surface area contributed by atoms with Gasteiger partial charge in [0.05, 0.1) is 5.52 Å². The molecule has 0 amide bonds. The fourth-order valence-electron chi connectivity index (χ4n) is 1.60. The van der Waals surface area contributed by atoms with E-state index < -0.39 is 0 Å². The Morgan fingerprint density at radius 1 is 1.06 bits per heavy atom. The summed E-state index contributed by atoms with van der Waals surface area (Å²) in [6, 6.07) is 9.54. The number of halogens is 1. The second-order valence-corrected chi connectivity index (χ2v) is 3.62. The third-order valence-electron chi connectivity index (χ3n) is 2.28. The van der Waals surface area contributed by atoms with Crippen molar-refractivity contribution in [3.05, 3.63) is 48.0 Å². The van der Waals surface area contributed by atoms with Gasteiger partial charge in [-0.2, -0.15) is 10.1 Å². The Morgan fingerprint density at radius 3 is 2.75 bits per heavy atom. The average Bonchev–Trinajstić information content (AvgIpc) is 2.81. The molecule has 0 radical (unpaired) electrons. The van der Waals surface area contributed by atoms with Crippen LogP contribution in [0.1, 0.15) is 0 Å². The molecule has 5 heteroatoms. The Labute approximate surface area is 96.5 Å². The molecule has 0 saturated heterocycles. The molecule has 0 spiro atoms. The molecule has 1 aromatic carbocycles. The van der Waals surface area contributed by atoms with Crippen LogP contribution in [0.2, 0.25) is 5.28 Å². The molecule has 0 fully saturated rings. The summed E-state index contributed by atoms with van der Waals surface area (Å²) in [5.74, 6) is 0.695. The lowest BCUT2D eigenvalue weighted by molar-refractivity contribution is 0.851. The average molecular weight is 231 g/mol. The minimum Gasteiger partial charge on any atom is -0.222 e. The molecular weight excluding hydrogens is 224 g/mol. The van der Waals surface area contributed by atoms with E-state index in [4.69, 9.17) is 11.6 Å². The summed E-state index contributed by atoms with van der Waals surface area (Å²) < 4.78 is 1.68. The Bertz CT molecular complexity index is 634. The predicted octanol–water partition coefficient (Wildman–Crippen LogP) is 2.47. The number of para-hydroxylation sites is 1. The Hall–Kier alpha value is -1.94. The lowest BCUT2D eigenvalue weighted by Crippen LogP contribution is -2.00. The standard InChI is InChI=1S/C11H7ClN4/c12-11-14-9-5-2-1-4-8(9)10(15-11)16-7-3-6-13-16/h1-7H. The zero-order valence-electron chi connectivity index (χ0n) is 8.21. The van der Waals surface area contributed by atoms with Crippen molar-refractivity contribution in [1.29, 1.82) is 0 Å². The van der Waals surface area contributed by atoms with Crippen LogP contribution in [-0.4, -0.2) is 19.7 Å². The molecule has 0 N–H and O–H groups in total. The summed E-state index contributed by atoms with van der Waals surface area (Å²) in [5.41, 5.74) is 0.813. The van der Waals surface area contributed by atoms with E-state index >= 15 is 0 Å². The van der Waals surface area contributed by atoms with Gasteiger partial charge in [-0.15, -0.1) is 0 Å². The van der Waals surface area contributed by atoms with Crippen LogP contribution in [0.5, 0.6) is 0 Å². The molecule has 0 aliphatic rings. The van der Waals surface area contributed by atoms with E-state index in [0.717, 1.165) is 10.9 Å². The first kappa shape index (κ1) is 9.30. The van der Waals surface area contributed by atoms with Gasteiger partial charge in [0.1, 0.15) is 0 Å². The number of hydrogen-bond acceptors (Lipinski definition) is 3. The van der Waals surface area contributed by atoms with Crippen LogP contribution in [0.25, 0.3) is 16.7 Å². The zero-order chi connectivity index (χ0) is 11.0. The summed E-state index contributed by atoms with van der Waals surface area (Å²) in [5, 5.41) is 5.30. The molecule has 3 rings (SSSR count). The highest BCUT2D eigenvalue weighted by molar-refractivity contribution is 6.28. The van der Waals surface area contributed by atoms with Crippen LogP contribution in [0.3, 0.4) is 0 Å². The number of rotatable bonds is 1. The third kappa shape index (κ3) is 1.44. The minimum absolute atomic E-state index is 0.226. The maximum absolute atomic E-state index is 5.88. The smallest absolute Gasteiger partial charge is 0.222 e. The second kappa shape index (κ2) is 3.57. The molecular formula is C11H7ClN4. The van der Waals surface area contributed by atoms with Crippen LogP contribution < -0.4 is 0 Å². The highest BCUT2D eigenvalue weighted by atomic mass is 35.5. The summed E-state index contributed by atoms with van der Waals surface area (Å²) in [6.45, 7) is 0. The van der Waals surface area contributed by atoms with Gasteiger partial charge in [-0.3, -0.25) is 0 Å². The minimum atomic E-state index is 0.226. The van der Waals surface area contributed by atoms with E-state index in [1.54, 1.807) is 10.9 Å². The number of benzene rings is 1. The van der Waals surface area contributed by atoms with E-state index in [0.29, 0.717) is 5.82 Å². The van der Waals surface area contributed by atoms with Gasteiger partial charge in [0.15, 0.2) is 5.82 Å². The van der Waals surface area contributed by atoms with Gasteiger partial charge in [-0.25, -0.2) is 9.67 Å². The zero-order valence-corrected chi connectivity index (χ0v) is 8.96. The first-order chi connectivity index (χ1) is 7.84. The van der Waals surface area contributed by atoms with Crippen LogP contribution >= 0.6 is 11.6 Å².